The highest BCUT2D eigenvalue weighted by atomic mass is 32.2. The molecule has 0 bridgehead atoms. The molecule has 128 valence electrons. The summed E-state index contributed by atoms with van der Waals surface area (Å²) in [6.07, 6.45) is 4.18. The van der Waals surface area contributed by atoms with E-state index in [0.29, 0.717) is 0 Å². The van der Waals surface area contributed by atoms with Crippen LogP contribution in [0.15, 0.2) is 47.4 Å². The predicted octanol–water partition coefficient (Wildman–Crippen LogP) is 5.73. The summed E-state index contributed by atoms with van der Waals surface area (Å²) in [5.41, 5.74) is 2.23. The van der Waals surface area contributed by atoms with Gasteiger partial charge in [0.25, 0.3) is 0 Å². The molecule has 0 aliphatic heterocycles. The van der Waals surface area contributed by atoms with Crippen LogP contribution < -0.4 is 9.47 Å². The normalized spacial score (nSPS) is 11.7. The summed E-state index contributed by atoms with van der Waals surface area (Å²) in [4.78, 5) is 1.06. The Labute approximate surface area is 150 Å². The van der Waals surface area contributed by atoms with Crippen LogP contribution in [0.25, 0.3) is 12.2 Å². The third kappa shape index (κ3) is 5.74. The van der Waals surface area contributed by atoms with Gasteiger partial charge in [0.05, 0.1) is 14.2 Å². The molecule has 0 aliphatic carbocycles. The fourth-order valence-electron chi connectivity index (χ4n) is 1.92. The maximum absolute atomic E-state index is 5.99. The fourth-order valence-corrected chi connectivity index (χ4v) is 3.68. The fraction of sp³-hybridized carbons (Fsp3) is 0.263. The Hall–Kier alpha value is -1.69. The lowest BCUT2D eigenvalue weighted by atomic mass is 10.1. The zero-order valence-electron chi connectivity index (χ0n) is 14.8. The number of rotatable bonds is 7. The van der Waals surface area contributed by atoms with Gasteiger partial charge in [0.1, 0.15) is 11.5 Å². The zero-order valence-corrected chi connectivity index (χ0v) is 16.6. The minimum absolute atomic E-state index is 0.832. The third-order valence-electron chi connectivity index (χ3n) is 3.17. The van der Waals surface area contributed by atoms with E-state index in [1.807, 2.05) is 36.4 Å². The van der Waals surface area contributed by atoms with E-state index < -0.39 is 8.32 Å². The molecule has 2 aromatic carbocycles. The molecule has 2 rings (SSSR count). The van der Waals surface area contributed by atoms with Crippen molar-refractivity contribution in [1.82, 2.24) is 0 Å². The van der Waals surface area contributed by atoms with Crippen LogP contribution in [0.5, 0.6) is 11.5 Å². The third-order valence-corrected chi connectivity index (χ3v) is 6.04. The Morgan fingerprint density at radius 2 is 1.46 bits per heavy atom. The Bertz CT molecular complexity index is 691. The summed E-state index contributed by atoms with van der Waals surface area (Å²) in [6.45, 7) is 6.52. The number of methoxy groups -OCH3 is 2. The van der Waals surface area contributed by atoms with E-state index in [-0.39, 0.29) is 0 Å². The summed E-state index contributed by atoms with van der Waals surface area (Å²) in [7, 11) is 1.74. The van der Waals surface area contributed by atoms with Crippen molar-refractivity contribution in [3.8, 4) is 11.5 Å². The largest absolute Gasteiger partial charge is 0.497 e. The Morgan fingerprint density at radius 1 is 0.833 bits per heavy atom. The molecule has 5 heteroatoms. The zero-order chi connectivity index (χ0) is 17.6. The van der Waals surface area contributed by atoms with Gasteiger partial charge in [0.2, 0.25) is 8.32 Å². The molecule has 0 radical (unpaired) electrons. The molecule has 0 saturated heterocycles. The van der Waals surface area contributed by atoms with Crippen LogP contribution in [-0.4, -0.2) is 22.5 Å². The molecular formula is C19H24O3SSi. The van der Waals surface area contributed by atoms with Crippen LogP contribution in [0.3, 0.4) is 0 Å². The van der Waals surface area contributed by atoms with Crippen molar-refractivity contribution in [2.45, 2.75) is 24.5 Å². The van der Waals surface area contributed by atoms with Gasteiger partial charge in [-0.15, -0.1) is 0 Å². The van der Waals surface area contributed by atoms with Crippen LogP contribution in [-0.2, 0) is 3.87 Å². The number of ether oxygens (including phenoxy) is 2. The second-order valence-electron chi connectivity index (χ2n) is 6.29. The van der Waals surface area contributed by atoms with E-state index in [9.17, 15) is 0 Å². The standard InChI is InChI=1S/C19H24O3SSi/c1-20-17-11-7-15(8-12-17)6-9-16-10-13-18(21-2)14-19(16)23-22-24(3,4)5/h6-14H,1-5H3/b9-6-. The highest BCUT2D eigenvalue weighted by molar-refractivity contribution is 7.95. The molecule has 0 fully saturated rings. The van der Waals surface area contributed by atoms with E-state index in [1.165, 1.54) is 12.0 Å². The van der Waals surface area contributed by atoms with Crippen molar-refractivity contribution < 1.29 is 13.3 Å². The van der Waals surface area contributed by atoms with Crippen molar-refractivity contribution in [2.75, 3.05) is 14.2 Å². The minimum atomic E-state index is -1.60. The molecule has 0 atom stereocenters. The second kappa shape index (κ2) is 8.42. The first-order chi connectivity index (χ1) is 11.4. The van der Waals surface area contributed by atoms with Gasteiger partial charge in [-0.1, -0.05) is 30.4 Å². The van der Waals surface area contributed by atoms with Crippen LogP contribution in [0.4, 0.5) is 0 Å². The molecule has 0 aromatic heterocycles. The molecular weight excluding hydrogens is 336 g/mol. The molecule has 3 nitrogen and oxygen atoms in total. The van der Waals surface area contributed by atoms with Gasteiger partial charge >= 0.3 is 0 Å². The topological polar surface area (TPSA) is 27.7 Å². The molecule has 0 amide bonds. The van der Waals surface area contributed by atoms with Gasteiger partial charge in [-0.05, 0) is 55.0 Å². The van der Waals surface area contributed by atoms with Crippen LogP contribution in [0.1, 0.15) is 11.1 Å². The quantitative estimate of drug-likeness (QED) is 0.358. The van der Waals surface area contributed by atoms with Crippen molar-refractivity contribution in [1.29, 1.82) is 0 Å². The summed E-state index contributed by atoms with van der Waals surface area (Å²) in [5, 5.41) is 0. The number of hydrogen-bond acceptors (Lipinski definition) is 4. The SMILES string of the molecule is COc1ccc(/C=C\c2ccc(OC)cc2SO[Si](C)(C)C)cc1. The van der Waals surface area contributed by atoms with Crippen LogP contribution in [0.2, 0.25) is 19.6 Å². The highest BCUT2D eigenvalue weighted by Crippen LogP contribution is 2.31. The average molecular weight is 361 g/mol. The van der Waals surface area contributed by atoms with Gasteiger partial charge in [-0.3, -0.25) is 0 Å². The Morgan fingerprint density at radius 3 is 2.04 bits per heavy atom. The van der Waals surface area contributed by atoms with Gasteiger partial charge < -0.3 is 13.3 Å². The minimum Gasteiger partial charge on any atom is -0.497 e. The van der Waals surface area contributed by atoms with Crippen LogP contribution >= 0.6 is 12.0 Å². The molecule has 24 heavy (non-hydrogen) atoms. The van der Waals surface area contributed by atoms with E-state index in [4.69, 9.17) is 13.3 Å². The molecule has 0 spiro atoms. The van der Waals surface area contributed by atoms with Crippen LogP contribution in [0, 0.1) is 0 Å². The predicted molar refractivity (Wildman–Crippen MR) is 105 cm³/mol. The highest BCUT2D eigenvalue weighted by Gasteiger charge is 2.16. The second-order valence-corrected chi connectivity index (χ2v) is 11.8. The monoisotopic (exact) mass is 360 g/mol. The first-order valence-electron chi connectivity index (χ1n) is 7.77. The van der Waals surface area contributed by atoms with Crippen molar-refractivity contribution >= 4 is 32.5 Å². The molecule has 2 aromatic rings. The lowest BCUT2D eigenvalue weighted by molar-refractivity contribution is 0.413. The molecule has 0 saturated carbocycles. The maximum atomic E-state index is 5.99. The first-order valence-corrected chi connectivity index (χ1v) is 11.9. The Balaban J connectivity index is 2.22. The maximum Gasteiger partial charge on any atom is 0.202 e. The molecule has 0 unspecified atom stereocenters. The van der Waals surface area contributed by atoms with E-state index in [2.05, 4.69) is 37.9 Å². The average Bonchev–Trinajstić information content (AvgIpc) is 2.58. The van der Waals surface area contributed by atoms with Gasteiger partial charge in [-0.2, -0.15) is 0 Å². The van der Waals surface area contributed by atoms with E-state index in [0.717, 1.165) is 27.5 Å². The van der Waals surface area contributed by atoms with Crippen molar-refractivity contribution in [3.05, 3.63) is 53.6 Å². The van der Waals surface area contributed by atoms with Gasteiger partial charge in [-0.25, -0.2) is 0 Å². The molecule has 0 N–H and O–H groups in total. The van der Waals surface area contributed by atoms with E-state index in [1.54, 1.807) is 14.2 Å². The van der Waals surface area contributed by atoms with Gasteiger partial charge in [0, 0.05) is 16.9 Å². The lowest BCUT2D eigenvalue weighted by Crippen LogP contribution is -2.21. The Kier molecular flexibility index (Phi) is 6.54. The smallest absolute Gasteiger partial charge is 0.202 e. The summed E-state index contributed by atoms with van der Waals surface area (Å²) >= 11 is 1.44. The lowest BCUT2D eigenvalue weighted by Gasteiger charge is -2.16. The van der Waals surface area contributed by atoms with E-state index >= 15 is 0 Å². The molecule has 0 heterocycles. The number of benzene rings is 2. The number of hydrogen-bond donors (Lipinski definition) is 0. The molecule has 0 aliphatic rings. The summed E-state index contributed by atoms with van der Waals surface area (Å²) in [5.74, 6) is 1.69. The van der Waals surface area contributed by atoms with Gasteiger partial charge in [0.15, 0.2) is 0 Å². The van der Waals surface area contributed by atoms with Crippen molar-refractivity contribution in [2.24, 2.45) is 0 Å². The first kappa shape index (κ1) is 18.6. The van der Waals surface area contributed by atoms with Crippen molar-refractivity contribution in [3.63, 3.8) is 0 Å². The summed E-state index contributed by atoms with van der Waals surface area (Å²) < 4.78 is 16.5. The summed E-state index contributed by atoms with van der Waals surface area (Å²) in [6, 6.07) is 14.0.